The second kappa shape index (κ2) is 5.11. The molecule has 0 aliphatic rings. The molecule has 0 spiro atoms. The molecule has 0 aromatic heterocycles. The molecule has 2 amide bonds. The van der Waals surface area contributed by atoms with E-state index < -0.39 is 5.97 Å². The van der Waals surface area contributed by atoms with E-state index in [-0.39, 0.29) is 23.1 Å². The van der Waals surface area contributed by atoms with Crippen LogP contribution in [0.2, 0.25) is 0 Å². The molecule has 0 aliphatic carbocycles. The lowest BCUT2D eigenvalue weighted by Crippen LogP contribution is -2.13. The van der Waals surface area contributed by atoms with Crippen molar-refractivity contribution >= 4 is 29.2 Å². The number of anilines is 2. The summed E-state index contributed by atoms with van der Waals surface area (Å²) >= 11 is 0. The zero-order chi connectivity index (χ0) is 13.0. The van der Waals surface area contributed by atoms with Gasteiger partial charge < -0.3 is 15.7 Å². The predicted molar refractivity (Wildman–Crippen MR) is 62.0 cm³/mol. The molecule has 6 heteroatoms. The number of hydrogen-bond donors (Lipinski definition) is 3. The third-order valence-electron chi connectivity index (χ3n) is 1.89. The Morgan fingerprint density at radius 2 is 1.53 bits per heavy atom. The first-order valence-corrected chi connectivity index (χ1v) is 4.82. The Hall–Kier alpha value is -2.37. The maximum Gasteiger partial charge on any atom is 0.335 e. The Bertz CT molecular complexity index is 482. The Morgan fingerprint density at radius 3 is 2.00 bits per heavy atom. The van der Waals surface area contributed by atoms with Gasteiger partial charge in [-0.2, -0.15) is 0 Å². The molecule has 0 saturated carbocycles. The smallest absolute Gasteiger partial charge is 0.335 e. The van der Waals surface area contributed by atoms with Crippen molar-refractivity contribution in [2.45, 2.75) is 13.8 Å². The van der Waals surface area contributed by atoms with E-state index in [4.69, 9.17) is 5.11 Å². The van der Waals surface area contributed by atoms with Crippen molar-refractivity contribution in [2.24, 2.45) is 0 Å². The fraction of sp³-hybridized carbons (Fsp3) is 0.182. The highest BCUT2D eigenvalue weighted by atomic mass is 16.4. The van der Waals surface area contributed by atoms with E-state index in [9.17, 15) is 14.4 Å². The molecular formula is C11H12N2O4. The van der Waals surface area contributed by atoms with Crippen molar-refractivity contribution in [1.29, 1.82) is 0 Å². The van der Waals surface area contributed by atoms with E-state index in [1.165, 1.54) is 32.0 Å². The molecule has 0 unspecified atom stereocenters. The number of rotatable bonds is 3. The van der Waals surface area contributed by atoms with Crippen molar-refractivity contribution < 1.29 is 19.5 Å². The molecule has 0 fully saturated rings. The molecule has 0 radical (unpaired) electrons. The Balaban J connectivity index is 3.15. The van der Waals surface area contributed by atoms with Crippen LogP contribution in [0.3, 0.4) is 0 Å². The van der Waals surface area contributed by atoms with E-state index in [2.05, 4.69) is 10.6 Å². The van der Waals surface area contributed by atoms with Crippen molar-refractivity contribution in [3.8, 4) is 0 Å². The Morgan fingerprint density at radius 1 is 1.00 bits per heavy atom. The maximum atomic E-state index is 11.0. The number of carbonyl (C=O) groups is 3. The van der Waals surface area contributed by atoms with Gasteiger partial charge in [-0.3, -0.25) is 9.59 Å². The SMILES string of the molecule is CC(=O)Nc1ccc(C(=O)O)cc1NC(C)=O. The van der Waals surface area contributed by atoms with Crippen LogP contribution in [0.15, 0.2) is 18.2 Å². The highest BCUT2D eigenvalue weighted by Gasteiger charge is 2.10. The largest absolute Gasteiger partial charge is 0.478 e. The van der Waals surface area contributed by atoms with Crippen molar-refractivity contribution in [3.63, 3.8) is 0 Å². The molecule has 0 bridgehead atoms. The summed E-state index contributed by atoms with van der Waals surface area (Å²) in [6.45, 7) is 2.62. The van der Waals surface area contributed by atoms with Gasteiger partial charge in [-0.25, -0.2) is 4.79 Å². The third-order valence-corrected chi connectivity index (χ3v) is 1.89. The zero-order valence-corrected chi connectivity index (χ0v) is 9.40. The summed E-state index contributed by atoms with van der Waals surface area (Å²) in [5.41, 5.74) is 0.646. The van der Waals surface area contributed by atoms with Gasteiger partial charge in [-0.1, -0.05) is 0 Å². The van der Waals surface area contributed by atoms with Gasteiger partial charge in [0.1, 0.15) is 0 Å². The summed E-state index contributed by atoms with van der Waals surface area (Å²) in [4.78, 5) is 32.7. The summed E-state index contributed by atoms with van der Waals surface area (Å²) < 4.78 is 0. The number of nitrogens with one attached hydrogen (secondary N) is 2. The van der Waals surface area contributed by atoms with Crippen molar-refractivity contribution in [2.75, 3.05) is 10.6 Å². The molecular weight excluding hydrogens is 224 g/mol. The normalized spacial score (nSPS) is 9.53. The second-order valence-corrected chi connectivity index (χ2v) is 3.43. The molecule has 6 nitrogen and oxygen atoms in total. The number of carbonyl (C=O) groups excluding carboxylic acids is 2. The van der Waals surface area contributed by atoms with E-state index in [1.54, 1.807) is 0 Å². The lowest BCUT2D eigenvalue weighted by molar-refractivity contribution is -0.115. The first-order valence-electron chi connectivity index (χ1n) is 4.82. The van der Waals surface area contributed by atoms with E-state index >= 15 is 0 Å². The van der Waals surface area contributed by atoms with Crippen LogP contribution in [0, 0.1) is 0 Å². The minimum absolute atomic E-state index is 0.0304. The highest BCUT2D eigenvalue weighted by molar-refractivity contribution is 6.00. The molecule has 1 aromatic carbocycles. The molecule has 0 heterocycles. The third kappa shape index (κ3) is 3.60. The zero-order valence-electron chi connectivity index (χ0n) is 9.40. The summed E-state index contributed by atoms with van der Waals surface area (Å²) in [6, 6.07) is 4.06. The van der Waals surface area contributed by atoms with Crippen LogP contribution in [0.4, 0.5) is 11.4 Å². The molecule has 90 valence electrons. The van der Waals surface area contributed by atoms with Crippen molar-refractivity contribution in [3.05, 3.63) is 23.8 Å². The van der Waals surface area contributed by atoms with E-state index in [0.29, 0.717) is 5.69 Å². The van der Waals surface area contributed by atoms with Gasteiger partial charge in [0.05, 0.1) is 16.9 Å². The summed E-state index contributed by atoms with van der Waals surface area (Å²) in [5, 5.41) is 13.8. The van der Waals surface area contributed by atoms with Crippen LogP contribution in [0.1, 0.15) is 24.2 Å². The van der Waals surface area contributed by atoms with Gasteiger partial charge in [0.2, 0.25) is 11.8 Å². The number of carboxylic acids is 1. The number of carboxylic acid groups (broad SMARTS) is 1. The number of hydrogen-bond acceptors (Lipinski definition) is 3. The van der Waals surface area contributed by atoms with Crippen LogP contribution >= 0.6 is 0 Å². The number of aromatic carboxylic acids is 1. The van der Waals surface area contributed by atoms with Crippen LogP contribution in [-0.2, 0) is 9.59 Å². The number of amides is 2. The minimum atomic E-state index is -1.11. The summed E-state index contributed by atoms with van der Waals surface area (Å²) in [7, 11) is 0. The quantitative estimate of drug-likeness (QED) is 0.737. The lowest BCUT2D eigenvalue weighted by atomic mass is 10.1. The van der Waals surface area contributed by atoms with Crippen molar-refractivity contribution in [1.82, 2.24) is 0 Å². The summed E-state index contributed by atoms with van der Waals surface area (Å²) in [5.74, 6) is -1.76. The first kappa shape index (κ1) is 12.7. The molecule has 1 aromatic rings. The van der Waals surface area contributed by atoms with Gasteiger partial charge >= 0.3 is 5.97 Å². The van der Waals surface area contributed by atoms with E-state index in [1.807, 2.05) is 0 Å². The molecule has 0 saturated heterocycles. The van der Waals surface area contributed by atoms with Gasteiger partial charge in [0, 0.05) is 13.8 Å². The molecule has 1 rings (SSSR count). The number of benzene rings is 1. The van der Waals surface area contributed by atoms with Gasteiger partial charge in [-0.05, 0) is 18.2 Å². The Kier molecular flexibility index (Phi) is 3.82. The van der Waals surface area contributed by atoms with Crippen LogP contribution in [-0.4, -0.2) is 22.9 Å². The fourth-order valence-electron chi connectivity index (χ4n) is 1.27. The average molecular weight is 236 g/mol. The van der Waals surface area contributed by atoms with E-state index in [0.717, 1.165) is 0 Å². The lowest BCUT2D eigenvalue weighted by Gasteiger charge is -2.11. The monoisotopic (exact) mass is 236 g/mol. The Labute approximate surface area is 97.6 Å². The van der Waals surface area contributed by atoms with Gasteiger partial charge in [-0.15, -0.1) is 0 Å². The average Bonchev–Trinajstić information content (AvgIpc) is 2.18. The fourth-order valence-corrected chi connectivity index (χ4v) is 1.27. The molecule has 0 aliphatic heterocycles. The highest BCUT2D eigenvalue weighted by Crippen LogP contribution is 2.23. The standard InChI is InChI=1S/C11H12N2O4/c1-6(14)12-9-4-3-8(11(16)17)5-10(9)13-7(2)15/h3-5H,1-2H3,(H,12,14)(H,13,15)(H,16,17). The van der Waals surface area contributed by atoms with Crippen LogP contribution < -0.4 is 10.6 Å². The van der Waals surface area contributed by atoms with Gasteiger partial charge in [0.15, 0.2) is 0 Å². The van der Waals surface area contributed by atoms with Crippen LogP contribution in [0.25, 0.3) is 0 Å². The maximum absolute atomic E-state index is 11.0. The molecule has 17 heavy (non-hydrogen) atoms. The first-order chi connectivity index (χ1) is 7.90. The second-order valence-electron chi connectivity index (χ2n) is 3.43. The minimum Gasteiger partial charge on any atom is -0.478 e. The molecule has 0 atom stereocenters. The topological polar surface area (TPSA) is 95.5 Å². The molecule has 3 N–H and O–H groups in total. The van der Waals surface area contributed by atoms with Crippen LogP contribution in [0.5, 0.6) is 0 Å². The van der Waals surface area contributed by atoms with Gasteiger partial charge in [0.25, 0.3) is 0 Å². The summed E-state index contributed by atoms with van der Waals surface area (Å²) in [6.07, 6.45) is 0. The predicted octanol–water partition coefficient (Wildman–Crippen LogP) is 1.30.